The Labute approximate surface area is 123 Å². The Morgan fingerprint density at radius 1 is 1.37 bits per heavy atom. The Balaban J connectivity index is 2.02. The molecule has 2 atom stereocenters. The summed E-state index contributed by atoms with van der Waals surface area (Å²) >= 11 is 3.32. The van der Waals surface area contributed by atoms with Crippen molar-refractivity contribution in [3.05, 3.63) is 28.7 Å². The summed E-state index contributed by atoms with van der Waals surface area (Å²) in [6.45, 7) is 0. The second kappa shape index (κ2) is 6.37. The first-order valence-corrected chi connectivity index (χ1v) is 9.13. The van der Waals surface area contributed by atoms with Gasteiger partial charge in [-0.3, -0.25) is 0 Å². The van der Waals surface area contributed by atoms with Crippen LogP contribution in [0, 0.1) is 5.92 Å². The lowest BCUT2D eigenvalue weighted by molar-refractivity contribution is 0.414. The van der Waals surface area contributed by atoms with Crippen LogP contribution in [-0.2, 0) is 9.84 Å². The van der Waals surface area contributed by atoms with Crippen molar-refractivity contribution in [1.82, 2.24) is 5.32 Å². The average molecular weight is 346 g/mol. The molecular formula is C14H20BrNO2S. The van der Waals surface area contributed by atoms with Gasteiger partial charge in [0, 0.05) is 10.5 Å². The number of nitrogens with one attached hydrogen (secondary N) is 1. The van der Waals surface area contributed by atoms with Crippen LogP contribution in [0.2, 0.25) is 0 Å². The van der Waals surface area contributed by atoms with E-state index in [-0.39, 0.29) is 5.75 Å². The van der Waals surface area contributed by atoms with E-state index in [1.54, 1.807) is 18.2 Å². The zero-order chi connectivity index (χ0) is 13.9. The smallest absolute Gasteiger partial charge is 0.178 e. The van der Waals surface area contributed by atoms with Crippen molar-refractivity contribution in [2.24, 2.45) is 5.92 Å². The van der Waals surface area contributed by atoms with Gasteiger partial charge in [0.1, 0.15) is 0 Å². The number of hydrogen-bond donors (Lipinski definition) is 1. The maximum absolute atomic E-state index is 12.3. The minimum absolute atomic E-state index is 0.242. The Kier molecular flexibility index (Phi) is 5.03. The molecule has 1 aromatic rings. The minimum atomic E-state index is -3.16. The fourth-order valence-electron chi connectivity index (χ4n) is 2.85. The zero-order valence-electron chi connectivity index (χ0n) is 11.1. The summed E-state index contributed by atoms with van der Waals surface area (Å²) < 4.78 is 25.4. The van der Waals surface area contributed by atoms with Crippen LogP contribution in [0.1, 0.15) is 25.7 Å². The van der Waals surface area contributed by atoms with E-state index in [2.05, 4.69) is 21.2 Å². The van der Waals surface area contributed by atoms with Crippen LogP contribution in [-0.4, -0.2) is 27.3 Å². The lowest BCUT2D eigenvalue weighted by Crippen LogP contribution is -2.30. The number of halogens is 1. The highest BCUT2D eigenvalue weighted by Gasteiger charge is 2.27. The normalized spacial score (nSPS) is 23.7. The zero-order valence-corrected chi connectivity index (χ0v) is 13.5. The maximum Gasteiger partial charge on any atom is 0.178 e. The monoisotopic (exact) mass is 345 g/mol. The first kappa shape index (κ1) is 15.0. The summed E-state index contributed by atoms with van der Waals surface area (Å²) in [7, 11) is -1.20. The van der Waals surface area contributed by atoms with Gasteiger partial charge < -0.3 is 5.32 Å². The second-order valence-electron chi connectivity index (χ2n) is 5.15. The predicted molar refractivity (Wildman–Crippen MR) is 81.0 cm³/mol. The lowest BCUT2D eigenvalue weighted by Gasteiger charge is -2.18. The minimum Gasteiger partial charge on any atom is -0.317 e. The van der Waals surface area contributed by atoms with Crippen molar-refractivity contribution in [2.45, 2.75) is 36.6 Å². The van der Waals surface area contributed by atoms with E-state index in [0.29, 0.717) is 16.9 Å². The van der Waals surface area contributed by atoms with Gasteiger partial charge in [0.2, 0.25) is 0 Å². The predicted octanol–water partition coefficient (Wildman–Crippen LogP) is 3.00. The SMILES string of the molecule is CNC1CCCC1CCS(=O)(=O)c1cccc(Br)c1. The van der Waals surface area contributed by atoms with Crippen molar-refractivity contribution >= 4 is 25.8 Å². The molecule has 0 amide bonds. The Morgan fingerprint density at radius 3 is 2.84 bits per heavy atom. The molecule has 3 nitrogen and oxygen atoms in total. The van der Waals surface area contributed by atoms with Crippen molar-refractivity contribution in [3.63, 3.8) is 0 Å². The molecule has 2 rings (SSSR count). The third-order valence-corrected chi connectivity index (χ3v) is 6.18. The Morgan fingerprint density at radius 2 is 2.16 bits per heavy atom. The van der Waals surface area contributed by atoms with Crippen LogP contribution in [0.3, 0.4) is 0 Å². The van der Waals surface area contributed by atoms with Gasteiger partial charge >= 0.3 is 0 Å². The van der Waals surface area contributed by atoms with E-state index in [9.17, 15) is 8.42 Å². The average Bonchev–Trinajstić information content (AvgIpc) is 2.84. The standard InChI is InChI=1S/C14H20BrNO2S/c1-16-14-7-2-4-11(14)8-9-19(17,18)13-6-3-5-12(15)10-13/h3,5-6,10-11,14,16H,2,4,7-9H2,1H3. The van der Waals surface area contributed by atoms with E-state index in [1.807, 2.05) is 13.1 Å². The Hall–Kier alpha value is -0.390. The van der Waals surface area contributed by atoms with Gasteiger partial charge in [-0.25, -0.2) is 8.42 Å². The highest BCUT2D eigenvalue weighted by atomic mass is 79.9. The molecule has 106 valence electrons. The van der Waals surface area contributed by atoms with E-state index >= 15 is 0 Å². The summed E-state index contributed by atoms with van der Waals surface area (Å²) in [5.41, 5.74) is 0. The molecule has 1 N–H and O–H groups in total. The van der Waals surface area contributed by atoms with E-state index in [0.717, 1.165) is 23.7 Å². The molecule has 19 heavy (non-hydrogen) atoms. The maximum atomic E-state index is 12.3. The van der Waals surface area contributed by atoms with Crippen LogP contribution < -0.4 is 5.32 Å². The first-order valence-electron chi connectivity index (χ1n) is 6.68. The third-order valence-electron chi connectivity index (χ3n) is 3.94. The molecule has 0 saturated heterocycles. The Bertz CT molecular complexity index is 530. The fourth-order valence-corrected chi connectivity index (χ4v) is 4.84. The topological polar surface area (TPSA) is 46.2 Å². The molecule has 2 unspecified atom stereocenters. The van der Waals surface area contributed by atoms with Gasteiger partial charge in [-0.15, -0.1) is 0 Å². The number of sulfone groups is 1. The molecule has 1 aliphatic rings. The first-order chi connectivity index (χ1) is 9.03. The fraction of sp³-hybridized carbons (Fsp3) is 0.571. The molecule has 1 saturated carbocycles. The molecule has 0 spiro atoms. The largest absolute Gasteiger partial charge is 0.317 e. The van der Waals surface area contributed by atoms with Gasteiger partial charge in [0.15, 0.2) is 9.84 Å². The number of hydrogen-bond acceptors (Lipinski definition) is 3. The van der Waals surface area contributed by atoms with Gasteiger partial charge in [-0.2, -0.15) is 0 Å². The van der Waals surface area contributed by atoms with Crippen LogP contribution in [0.4, 0.5) is 0 Å². The van der Waals surface area contributed by atoms with E-state index in [4.69, 9.17) is 0 Å². The van der Waals surface area contributed by atoms with E-state index in [1.165, 1.54) is 6.42 Å². The quantitative estimate of drug-likeness (QED) is 0.892. The molecule has 1 aliphatic carbocycles. The summed E-state index contributed by atoms with van der Waals surface area (Å²) in [5, 5.41) is 3.30. The van der Waals surface area contributed by atoms with Gasteiger partial charge in [0.05, 0.1) is 10.6 Å². The number of benzene rings is 1. The van der Waals surface area contributed by atoms with Crippen LogP contribution in [0.15, 0.2) is 33.6 Å². The molecule has 0 radical (unpaired) electrons. The summed E-state index contributed by atoms with van der Waals surface area (Å²) in [5.74, 6) is 0.735. The summed E-state index contributed by atoms with van der Waals surface area (Å²) in [6.07, 6.45) is 4.26. The van der Waals surface area contributed by atoms with Crippen molar-refractivity contribution in [1.29, 1.82) is 0 Å². The van der Waals surface area contributed by atoms with Crippen molar-refractivity contribution in [2.75, 3.05) is 12.8 Å². The molecule has 0 heterocycles. The van der Waals surface area contributed by atoms with E-state index < -0.39 is 9.84 Å². The molecule has 5 heteroatoms. The molecule has 0 aromatic heterocycles. The van der Waals surface area contributed by atoms with Gasteiger partial charge in [-0.1, -0.05) is 28.4 Å². The molecule has 0 aliphatic heterocycles. The van der Waals surface area contributed by atoms with Gasteiger partial charge in [0.25, 0.3) is 0 Å². The van der Waals surface area contributed by atoms with Crippen molar-refractivity contribution in [3.8, 4) is 0 Å². The van der Waals surface area contributed by atoms with Crippen LogP contribution in [0.5, 0.6) is 0 Å². The van der Waals surface area contributed by atoms with Crippen molar-refractivity contribution < 1.29 is 8.42 Å². The summed E-state index contributed by atoms with van der Waals surface area (Å²) in [6, 6.07) is 7.44. The number of rotatable bonds is 5. The molecule has 0 bridgehead atoms. The molecule has 1 aromatic carbocycles. The highest BCUT2D eigenvalue weighted by molar-refractivity contribution is 9.10. The lowest BCUT2D eigenvalue weighted by atomic mass is 10.0. The van der Waals surface area contributed by atoms with Crippen LogP contribution in [0.25, 0.3) is 0 Å². The molecular weight excluding hydrogens is 326 g/mol. The summed E-state index contributed by atoms with van der Waals surface area (Å²) in [4.78, 5) is 0.417. The van der Waals surface area contributed by atoms with Gasteiger partial charge in [-0.05, 0) is 50.4 Å². The molecule has 1 fully saturated rings. The second-order valence-corrected chi connectivity index (χ2v) is 8.18. The third kappa shape index (κ3) is 3.80. The van der Waals surface area contributed by atoms with Crippen LogP contribution >= 0.6 is 15.9 Å². The highest BCUT2D eigenvalue weighted by Crippen LogP contribution is 2.29.